The van der Waals surface area contributed by atoms with Crippen molar-refractivity contribution in [2.75, 3.05) is 0 Å². The molecular formula is C54H34. The van der Waals surface area contributed by atoms with Crippen LogP contribution >= 0.6 is 0 Å². The fraction of sp³-hybridized carbons (Fsp3) is 0. The van der Waals surface area contributed by atoms with Crippen LogP contribution in [0.1, 0.15) is 0 Å². The third kappa shape index (κ3) is 4.71. The second kappa shape index (κ2) is 12.3. The highest BCUT2D eigenvalue weighted by molar-refractivity contribution is 6.25. The third-order valence-electron chi connectivity index (χ3n) is 11.4. The number of hydrogen-bond donors (Lipinski definition) is 0. The Morgan fingerprint density at radius 3 is 1.37 bits per heavy atom. The molecule has 11 rings (SSSR count). The van der Waals surface area contributed by atoms with E-state index in [-0.39, 0.29) is 0 Å². The highest BCUT2D eigenvalue weighted by Crippen LogP contribution is 2.47. The lowest BCUT2D eigenvalue weighted by Crippen LogP contribution is -1.93. The molecule has 11 aromatic rings. The van der Waals surface area contributed by atoms with E-state index in [2.05, 4.69) is 206 Å². The number of benzene rings is 11. The van der Waals surface area contributed by atoms with E-state index < -0.39 is 0 Å². The Morgan fingerprint density at radius 1 is 0.185 bits per heavy atom. The van der Waals surface area contributed by atoms with E-state index >= 15 is 0 Å². The normalized spacial score (nSPS) is 11.7. The summed E-state index contributed by atoms with van der Waals surface area (Å²) in [5, 5.41) is 15.2. The van der Waals surface area contributed by atoms with Crippen molar-refractivity contribution in [3.8, 4) is 44.5 Å². The highest BCUT2D eigenvalue weighted by Gasteiger charge is 2.20. The first-order valence-corrected chi connectivity index (χ1v) is 18.8. The summed E-state index contributed by atoms with van der Waals surface area (Å²) in [5.41, 5.74) is 10.1. The lowest BCUT2D eigenvalue weighted by molar-refractivity contribution is 1.64. The van der Waals surface area contributed by atoms with Crippen molar-refractivity contribution >= 4 is 64.6 Å². The summed E-state index contributed by atoms with van der Waals surface area (Å²) in [6.07, 6.45) is 0. The molecule has 0 aliphatic heterocycles. The van der Waals surface area contributed by atoms with Gasteiger partial charge in [0.05, 0.1) is 0 Å². The zero-order chi connectivity index (χ0) is 35.6. The molecule has 0 fully saturated rings. The molecule has 0 nitrogen and oxygen atoms in total. The molecule has 0 N–H and O–H groups in total. The molecule has 0 amide bonds. The van der Waals surface area contributed by atoms with Crippen LogP contribution in [-0.4, -0.2) is 0 Å². The van der Waals surface area contributed by atoms with Crippen molar-refractivity contribution in [2.24, 2.45) is 0 Å². The van der Waals surface area contributed by atoms with Gasteiger partial charge in [-0.05, 0) is 121 Å². The van der Waals surface area contributed by atoms with Crippen LogP contribution in [0.3, 0.4) is 0 Å². The summed E-state index contributed by atoms with van der Waals surface area (Å²) >= 11 is 0. The van der Waals surface area contributed by atoms with Crippen molar-refractivity contribution in [3.63, 3.8) is 0 Å². The molecule has 0 heterocycles. The van der Waals surface area contributed by atoms with Crippen LogP contribution in [0, 0.1) is 0 Å². The van der Waals surface area contributed by atoms with Crippen molar-refractivity contribution in [1.29, 1.82) is 0 Å². The summed E-state index contributed by atoms with van der Waals surface area (Å²) in [6.45, 7) is 0. The van der Waals surface area contributed by atoms with Gasteiger partial charge in [0.2, 0.25) is 0 Å². The van der Waals surface area contributed by atoms with Crippen LogP contribution < -0.4 is 0 Å². The molecule has 0 heteroatoms. The van der Waals surface area contributed by atoms with Gasteiger partial charge in [0, 0.05) is 0 Å². The summed E-state index contributed by atoms with van der Waals surface area (Å²) in [5.74, 6) is 0. The third-order valence-corrected chi connectivity index (χ3v) is 11.4. The molecule has 0 saturated carbocycles. The monoisotopic (exact) mass is 682 g/mol. The van der Waals surface area contributed by atoms with Gasteiger partial charge >= 0.3 is 0 Å². The quantitative estimate of drug-likeness (QED) is 0.128. The molecule has 11 aromatic carbocycles. The molecule has 54 heavy (non-hydrogen) atoms. The molecule has 0 radical (unpaired) electrons. The summed E-state index contributed by atoms with van der Waals surface area (Å²) in [7, 11) is 0. The first kappa shape index (κ1) is 30.6. The molecule has 0 bridgehead atoms. The Labute approximate surface area is 314 Å². The second-order valence-electron chi connectivity index (χ2n) is 14.3. The highest BCUT2D eigenvalue weighted by atomic mass is 14.2. The van der Waals surface area contributed by atoms with Crippen LogP contribution in [0.2, 0.25) is 0 Å². The maximum Gasteiger partial charge on any atom is -0.00201 e. The van der Waals surface area contributed by atoms with Gasteiger partial charge in [0.15, 0.2) is 0 Å². The van der Waals surface area contributed by atoms with Gasteiger partial charge in [-0.1, -0.05) is 194 Å². The fourth-order valence-corrected chi connectivity index (χ4v) is 9.06. The second-order valence-corrected chi connectivity index (χ2v) is 14.3. The molecule has 0 aliphatic carbocycles. The number of rotatable bonds is 4. The van der Waals surface area contributed by atoms with Crippen molar-refractivity contribution in [3.05, 3.63) is 206 Å². The van der Waals surface area contributed by atoms with Gasteiger partial charge in [0.25, 0.3) is 0 Å². The minimum absolute atomic E-state index is 1.23. The number of fused-ring (bicyclic) bond motifs is 7. The molecular weight excluding hydrogens is 649 g/mol. The summed E-state index contributed by atoms with van der Waals surface area (Å²) in [6, 6.07) is 76.1. The summed E-state index contributed by atoms with van der Waals surface area (Å²) < 4.78 is 0. The summed E-state index contributed by atoms with van der Waals surface area (Å²) in [4.78, 5) is 0. The first-order valence-electron chi connectivity index (χ1n) is 18.8. The van der Waals surface area contributed by atoms with Gasteiger partial charge in [-0.15, -0.1) is 0 Å². The van der Waals surface area contributed by atoms with Gasteiger partial charge < -0.3 is 0 Å². The van der Waals surface area contributed by atoms with Crippen LogP contribution in [0.25, 0.3) is 109 Å². The Bertz CT molecular complexity index is 3200. The van der Waals surface area contributed by atoms with E-state index in [9.17, 15) is 0 Å². The largest absolute Gasteiger partial charge is 0.0622 e. The zero-order valence-electron chi connectivity index (χ0n) is 29.6. The average Bonchev–Trinajstić information content (AvgIpc) is 3.25. The van der Waals surface area contributed by atoms with E-state index in [1.54, 1.807) is 0 Å². The predicted molar refractivity (Wildman–Crippen MR) is 233 cm³/mol. The van der Waals surface area contributed by atoms with E-state index in [0.29, 0.717) is 0 Å². The van der Waals surface area contributed by atoms with Crippen molar-refractivity contribution < 1.29 is 0 Å². The van der Waals surface area contributed by atoms with Gasteiger partial charge in [-0.25, -0.2) is 0 Å². The minimum atomic E-state index is 1.23. The standard InChI is InChI=1S/C54H34/c1-2-15-35(16-3-1)40-31-32-50(43-21-7-6-20-41(40)43)54-48-26-12-10-24-46(48)53(47-25-11-13-27-49(47)54)38-30-29-37-33-52(45-23-9-8-22-44(45)51(37)34-38)42-28-14-18-36-17-4-5-19-39(36)42/h1-34H. The van der Waals surface area contributed by atoms with Crippen LogP contribution in [0.5, 0.6) is 0 Å². The molecule has 0 spiro atoms. The molecule has 250 valence electrons. The lowest BCUT2D eigenvalue weighted by Gasteiger charge is -2.20. The minimum Gasteiger partial charge on any atom is -0.0622 e. The fourth-order valence-electron chi connectivity index (χ4n) is 9.06. The van der Waals surface area contributed by atoms with Gasteiger partial charge in [0.1, 0.15) is 0 Å². The maximum atomic E-state index is 2.43. The van der Waals surface area contributed by atoms with E-state index in [0.717, 1.165) is 0 Å². The van der Waals surface area contributed by atoms with Crippen LogP contribution in [0.4, 0.5) is 0 Å². The van der Waals surface area contributed by atoms with Crippen LogP contribution in [-0.2, 0) is 0 Å². The number of hydrogen-bond acceptors (Lipinski definition) is 0. The van der Waals surface area contributed by atoms with Crippen LogP contribution in [0.15, 0.2) is 206 Å². The van der Waals surface area contributed by atoms with Crippen molar-refractivity contribution in [2.45, 2.75) is 0 Å². The lowest BCUT2D eigenvalue weighted by atomic mass is 9.83. The molecule has 0 unspecified atom stereocenters. The Balaban J connectivity index is 1.17. The van der Waals surface area contributed by atoms with Gasteiger partial charge in [-0.3, -0.25) is 0 Å². The Morgan fingerprint density at radius 2 is 0.685 bits per heavy atom. The molecule has 0 atom stereocenters. The zero-order valence-corrected chi connectivity index (χ0v) is 29.6. The maximum absolute atomic E-state index is 2.43. The topological polar surface area (TPSA) is 0 Å². The van der Waals surface area contributed by atoms with E-state index in [1.807, 2.05) is 0 Å². The average molecular weight is 683 g/mol. The smallest absolute Gasteiger partial charge is 0.00201 e. The van der Waals surface area contributed by atoms with Crippen molar-refractivity contribution in [1.82, 2.24) is 0 Å². The molecule has 0 saturated heterocycles. The Hall–Kier alpha value is -7.02. The first-order chi connectivity index (χ1) is 26.8. The molecule has 0 aliphatic rings. The van der Waals surface area contributed by atoms with E-state index in [4.69, 9.17) is 0 Å². The van der Waals surface area contributed by atoms with Gasteiger partial charge in [-0.2, -0.15) is 0 Å². The molecule has 0 aromatic heterocycles. The predicted octanol–water partition coefficient (Wildman–Crippen LogP) is 15.3. The Kier molecular flexibility index (Phi) is 6.97. The van der Waals surface area contributed by atoms with E-state index in [1.165, 1.54) is 109 Å². The SMILES string of the molecule is c1ccc(-c2ccc(-c3c4ccccc4c(-c4ccc5cc(-c6cccc7ccccc67)c6ccccc6c5c4)c4ccccc34)c3ccccc23)cc1.